The van der Waals surface area contributed by atoms with Crippen molar-refractivity contribution in [3.63, 3.8) is 0 Å². The predicted molar refractivity (Wildman–Crippen MR) is 70.5 cm³/mol. The molecular weight excluding hydrogens is 248 g/mol. The molecule has 1 aliphatic heterocycles. The zero-order valence-corrected chi connectivity index (χ0v) is 12.7. The average Bonchev–Trinajstić information content (AvgIpc) is 2.51. The van der Waals surface area contributed by atoms with E-state index in [1.165, 1.54) is 0 Å². The molecule has 0 aromatic heterocycles. The van der Waals surface area contributed by atoms with Crippen LogP contribution in [0.15, 0.2) is 11.8 Å². The van der Waals surface area contributed by atoms with Gasteiger partial charge < -0.3 is 13.9 Å². The van der Waals surface area contributed by atoms with Crippen LogP contribution in [-0.4, -0.2) is 33.6 Å². The summed E-state index contributed by atoms with van der Waals surface area (Å²) in [5.74, 6) is 0.841. The lowest BCUT2D eigenvalue weighted by atomic mass is 9.79. The van der Waals surface area contributed by atoms with Gasteiger partial charge in [0, 0.05) is 19.4 Å². The van der Waals surface area contributed by atoms with Gasteiger partial charge in [-0.25, -0.2) is 0 Å². The normalized spacial score (nSPS) is 35.8. The van der Waals surface area contributed by atoms with Crippen molar-refractivity contribution >= 4 is 14.3 Å². The lowest BCUT2D eigenvalue weighted by Crippen LogP contribution is -2.37. The summed E-state index contributed by atoms with van der Waals surface area (Å²) in [6, 6.07) is 0. The summed E-state index contributed by atoms with van der Waals surface area (Å²) in [5.41, 5.74) is 0. The van der Waals surface area contributed by atoms with Gasteiger partial charge in [0.25, 0.3) is 0 Å². The van der Waals surface area contributed by atoms with Crippen molar-refractivity contribution in [2.75, 3.05) is 7.11 Å². The molecule has 0 spiro atoms. The molecule has 0 unspecified atom stereocenters. The van der Waals surface area contributed by atoms with E-state index in [4.69, 9.17) is 13.9 Å². The van der Waals surface area contributed by atoms with E-state index in [0.717, 1.165) is 12.2 Å². The highest BCUT2D eigenvalue weighted by molar-refractivity contribution is 6.70. The summed E-state index contributed by atoms with van der Waals surface area (Å²) < 4.78 is 16.8. The van der Waals surface area contributed by atoms with E-state index in [0.29, 0.717) is 0 Å². The van der Waals surface area contributed by atoms with E-state index in [-0.39, 0.29) is 30.0 Å². The molecule has 0 radical (unpaired) electrons. The van der Waals surface area contributed by atoms with Crippen molar-refractivity contribution in [3.05, 3.63) is 11.8 Å². The Morgan fingerprint density at radius 2 is 2.06 bits per heavy atom. The van der Waals surface area contributed by atoms with E-state index in [9.17, 15) is 4.79 Å². The second-order valence-corrected chi connectivity index (χ2v) is 10.5. The molecule has 0 bridgehead atoms. The minimum absolute atomic E-state index is 0.0471. The van der Waals surface area contributed by atoms with Crippen molar-refractivity contribution in [3.8, 4) is 0 Å². The number of rotatable bonds is 3. The molecule has 1 aliphatic carbocycles. The molecule has 1 saturated heterocycles. The number of fused-ring (bicyclic) bond motifs is 1. The number of methoxy groups -OCH3 is 1. The van der Waals surface area contributed by atoms with Crippen molar-refractivity contribution in [2.45, 2.75) is 45.2 Å². The van der Waals surface area contributed by atoms with Crippen LogP contribution in [0.5, 0.6) is 0 Å². The molecule has 0 N–H and O–H groups in total. The fourth-order valence-corrected chi connectivity index (χ4v) is 3.70. The van der Waals surface area contributed by atoms with Gasteiger partial charge in [-0.3, -0.25) is 4.79 Å². The number of carbonyl (C=O) groups is 1. The molecule has 0 aromatic carbocycles. The maximum Gasteiger partial charge on any atom is 0.312 e. The Labute approximate surface area is 109 Å². The summed E-state index contributed by atoms with van der Waals surface area (Å²) in [4.78, 5) is 11.8. The van der Waals surface area contributed by atoms with Crippen molar-refractivity contribution in [1.82, 2.24) is 0 Å². The summed E-state index contributed by atoms with van der Waals surface area (Å²) in [7, 11) is 0.0114. The minimum Gasteiger partial charge on any atom is -0.547 e. The monoisotopic (exact) mass is 270 g/mol. The first-order valence-corrected chi connectivity index (χ1v) is 9.85. The van der Waals surface area contributed by atoms with Gasteiger partial charge in [-0.15, -0.1) is 0 Å². The lowest BCUT2D eigenvalue weighted by Gasteiger charge is -2.32. The van der Waals surface area contributed by atoms with Gasteiger partial charge in [0.1, 0.15) is 6.10 Å². The molecule has 18 heavy (non-hydrogen) atoms. The van der Waals surface area contributed by atoms with Crippen LogP contribution in [0.1, 0.15) is 13.3 Å². The zero-order chi connectivity index (χ0) is 13.5. The average molecular weight is 270 g/mol. The number of carbonyl (C=O) groups excluding carboxylic acids is 1. The van der Waals surface area contributed by atoms with E-state index in [2.05, 4.69) is 19.6 Å². The zero-order valence-electron chi connectivity index (χ0n) is 11.7. The molecule has 4 nitrogen and oxygen atoms in total. The maximum atomic E-state index is 11.8. The molecule has 0 aromatic rings. The van der Waals surface area contributed by atoms with Crippen LogP contribution >= 0.6 is 0 Å². The summed E-state index contributed by atoms with van der Waals surface area (Å²) in [6.07, 6.45) is 2.47. The van der Waals surface area contributed by atoms with Crippen LogP contribution in [-0.2, 0) is 18.7 Å². The molecule has 0 saturated carbocycles. The number of esters is 1. The highest BCUT2D eigenvalue weighted by Crippen LogP contribution is 2.41. The third-order valence-corrected chi connectivity index (χ3v) is 4.36. The van der Waals surface area contributed by atoms with Gasteiger partial charge >= 0.3 is 5.97 Å². The van der Waals surface area contributed by atoms with E-state index < -0.39 is 8.32 Å². The number of hydrogen-bond acceptors (Lipinski definition) is 4. The topological polar surface area (TPSA) is 44.8 Å². The molecule has 1 heterocycles. The number of allylic oxidation sites excluding steroid dienone is 1. The van der Waals surface area contributed by atoms with Crippen LogP contribution in [0.2, 0.25) is 19.6 Å². The molecule has 5 heteroatoms. The number of ether oxygens (including phenoxy) is 2. The van der Waals surface area contributed by atoms with Crippen LogP contribution in [0.3, 0.4) is 0 Å². The van der Waals surface area contributed by atoms with Gasteiger partial charge in [-0.1, -0.05) is 0 Å². The highest BCUT2D eigenvalue weighted by Gasteiger charge is 2.49. The third-order valence-electron chi connectivity index (χ3n) is 3.49. The van der Waals surface area contributed by atoms with Crippen LogP contribution in [0, 0.1) is 11.8 Å². The molecule has 2 aliphatic rings. The molecule has 2 rings (SSSR count). The fourth-order valence-electron chi connectivity index (χ4n) is 2.76. The standard InChI is InChI=1S/C13H22O4Si/c1-8-10-6-9(17-18(3,4)5)7-11(15-2)12(10)13(14)16-8/h7-8,10-12H,6H2,1-5H3/t8-,10-,11+,12+/m0/s1. The Morgan fingerprint density at radius 1 is 1.39 bits per heavy atom. The Balaban J connectivity index is 2.21. The van der Waals surface area contributed by atoms with Gasteiger partial charge in [0.15, 0.2) is 0 Å². The highest BCUT2D eigenvalue weighted by atomic mass is 28.4. The Hall–Kier alpha value is -0.813. The molecule has 1 fully saturated rings. The largest absolute Gasteiger partial charge is 0.547 e. The van der Waals surface area contributed by atoms with Gasteiger partial charge in [0.2, 0.25) is 8.32 Å². The molecule has 0 amide bonds. The first kappa shape index (κ1) is 13.6. The Bertz CT molecular complexity index is 372. The molecular formula is C13H22O4Si. The molecule has 4 atom stereocenters. The lowest BCUT2D eigenvalue weighted by molar-refractivity contribution is -0.146. The quantitative estimate of drug-likeness (QED) is 0.583. The van der Waals surface area contributed by atoms with Gasteiger partial charge in [-0.2, -0.15) is 0 Å². The van der Waals surface area contributed by atoms with Gasteiger partial charge in [0.05, 0.1) is 17.8 Å². The first-order valence-electron chi connectivity index (χ1n) is 6.45. The number of cyclic esters (lactones) is 1. The van der Waals surface area contributed by atoms with Crippen molar-refractivity contribution < 1.29 is 18.7 Å². The van der Waals surface area contributed by atoms with Crippen molar-refractivity contribution in [1.29, 1.82) is 0 Å². The summed E-state index contributed by atoms with van der Waals surface area (Å²) in [6.45, 7) is 8.41. The molecule has 102 valence electrons. The third kappa shape index (κ3) is 2.62. The Kier molecular flexibility index (Phi) is 3.55. The van der Waals surface area contributed by atoms with E-state index >= 15 is 0 Å². The second-order valence-electron chi connectivity index (χ2n) is 6.08. The maximum absolute atomic E-state index is 11.8. The van der Waals surface area contributed by atoms with Crippen LogP contribution in [0.25, 0.3) is 0 Å². The van der Waals surface area contributed by atoms with Crippen LogP contribution < -0.4 is 0 Å². The summed E-state index contributed by atoms with van der Waals surface area (Å²) >= 11 is 0. The fraction of sp³-hybridized carbons (Fsp3) is 0.769. The van der Waals surface area contributed by atoms with Gasteiger partial charge in [-0.05, 0) is 32.6 Å². The Morgan fingerprint density at radius 3 is 2.61 bits per heavy atom. The summed E-state index contributed by atoms with van der Waals surface area (Å²) in [5, 5.41) is 0. The smallest absolute Gasteiger partial charge is 0.312 e. The SMILES string of the molecule is CO[C@@H]1C=C(O[Si](C)(C)C)C[C@@H]2[C@H]1C(=O)O[C@H]2C. The van der Waals surface area contributed by atoms with Crippen LogP contribution in [0.4, 0.5) is 0 Å². The van der Waals surface area contributed by atoms with E-state index in [1.54, 1.807) is 7.11 Å². The minimum atomic E-state index is -1.62. The van der Waals surface area contributed by atoms with E-state index in [1.807, 2.05) is 13.0 Å². The predicted octanol–water partition coefficient (Wildman–Crippen LogP) is 2.32. The second kappa shape index (κ2) is 4.70. The first-order chi connectivity index (χ1) is 8.31. The van der Waals surface area contributed by atoms with Crippen molar-refractivity contribution in [2.24, 2.45) is 11.8 Å². The number of hydrogen-bond donors (Lipinski definition) is 0.